The van der Waals surface area contributed by atoms with E-state index in [0.29, 0.717) is 32.3 Å². The lowest BCUT2D eigenvalue weighted by molar-refractivity contribution is -0.218. The van der Waals surface area contributed by atoms with E-state index in [-0.39, 0.29) is 28.8 Å². The van der Waals surface area contributed by atoms with Crippen LogP contribution in [-0.4, -0.2) is 87.6 Å². The average Bonchev–Trinajstić information content (AvgIpc) is 3.23. The Hall–Kier alpha value is -2.09. The van der Waals surface area contributed by atoms with Crippen molar-refractivity contribution in [3.05, 3.63) is 35.4 Å². The van der Waals surface area contributed by atoms with Gasteiger partial charge in [0.05, 0.1) is 31.7 Å². The van der Waals surface area contributed by atoms with Gasteiger partial charge in [-0.2, -0.15) is 0 Å². The van der Waals surface area contributed by atoms with E-state index in [4.69, 9.17) is 18.9 Å². The van der Waals surface area contributed by atoms with Gasteiger partial charge in [0.2, 0.25) is 5.91 Å². The second-order valence-corrected chi connectivity index (χ2v) is 10.7. The fourth-order valence-corrected chi connectivity index (χ4v) is 8.49. The molecule has 6 unspecified atom stereocenters. The third-order valence-corrected chi connectivity index (χ3v) is 9.90. The molecule has 1 aromatic rings. The van der Waals surface area contributed by atoms with E-state index in [2.05, 4.69) is 30.2 Å². The molecule has 176 valence electrons. The summed E-state index contributed by atoms with van der Waals surface area (Å²) in [6.45, 7) is 3.49. The van der Waals surface area contributed by atoms with Gasteiger partial charge in [-0.15, -0.1) is 0 Å². The van der Waals surface area contributed by atoms with Gasteiger partial charge in [0.1, 0.15) is 11.7 Å². The molecule has 4 aliphatic carbocycles. The molecule has 1 aromatic carbocycles. The van der Waals surface area contributed by atoms with E-state index < -0.39 is 5.60 Å². The number of piperidine rings is 1. The molecule has 2 saturated heterocycles. The molecule has 3 heterocycles. The number of nitrogens with zero attached hydrogens (tertiary/aromatic N) is 2. The van der Waals surface area contributed by atoms with Crippen molar-refractivity contribution in [2.45, 2.75) is 42.4 Å². The highest BCUT2D eigenvalue weighted by atomic mass is 16.6. The third kappa shape index (κ3) is 2.12. The molecule has 2 spiro atoms. The molecule has 7 aliphatic rings. The van der Waals surface area contributed by atoms with Gasteiger partial charge in [0.25, 0.3) is 0 Å². The molecule has 4 bridgehead atoms. The maximum atomic E-state index is 14.0. The summed E-state index contributed by atoms with van der Waals surface area (Å²) in [7, 11) is 5.70. The highest BCUT2D eigenvalue weighted by Crippen LogP contribution is 2.74. The van der Waals surface area contributed by atoms with Gasteiger partial charge in [-0.05, 0) is 44.5 Å². The molecule has 3 fully saturated rings. The third-order valence-electron chi connectivity index (χ3n) is 9.90. The fourth-order valence-electron chi connectivity index (χ4n) is 8.49. The molecule has 0 N–H and O–H groups in total. The molecule has 7 nitrogen and oxygen atoms in total. The van der Waals surface area contributed by atoms with Crippen molar-refractivity contribution in [1.29, 1.82) is 0 Å². The Labute approximate surface area is 194 Å². The first-order valence-corrected chi connectivity index (χ1v) is 12.2. The lowest BCUT2D eigenvalue weighted by Gasteiger charge is -2.70. The van der Waals surface area contributed by atoms with Crippen molar-refractivity contribution in [2.24, 2.45) is 11.3 Å². The minimum absolute atomic E-state index is 0.165. The fraction of sp³-hybridized carbons (Fsp3) is 0.654. The number of ether oxygens (including phenoxy) is 4. The molecule has 6 atom stereocenters. The highest BCUT2D eigenvalue weighted by Gasteiger charge is 2.80. The lowest BCUT2D eigenvalue weighted by atomic mass is 9.37. The van der Waals surface area contributed by atoms with E-state index >= 15 is 0 Å². The van der Waals surface area contributed by atoms with Gasteiger partial charge < -0.3 is 28.7 Å². The Kier molecular flexibility index (Phi) is 4.01. The van der Waals surface area contributed by atoms with Crippen molar-refractivity contribution in [3.8, 4) is 11.5 Å². The van der Waals surface area contributed by atoms with Crippen LogP contribution in [0.2, 0.25) is 0 Å². The number of carbonyl (C=O) groups excluding carboxylic acids is 1. The summed E-state index contributed by atoms with van der Waals surface area (Å²) in [6, 6.07) is 4.60. The standard InChI is InChI=1S/C26H32N2O5/c1-27-9-8-25-20-16-4-5-18(30-2)21(20)33-23(25)26(31-3)7-6-24(25,19(27)14-16)15-17(26)22(29)28-10-12-32-13-11-28/h4-7,17,19,23H,8-15H2,1-3H3. The van der Waals surface area contributed by atoms with Crippen molar-refractivity contribution >= 4 is 5.91 Å². The van der Waals surface area contributed by atoms with Gasteiger partial charge in [-0.1, -0.05) is 18.2 Å². The Balaban J connectivity index is 1.45. The van der Waals surface area contributed by atoms with E-state index in [0.717, 1.165) is 37.3 Å². The molecular weight excluding hydrogens is 420 g/mol. The number of hydrogen-bond donors (Lipinski definition) is 0. The van der Waals surface area contributed by atoms with E-state index in [1.807, 2.05) is 11.0 Å². The number of rotatable bonds is 3. The molecule has 1 amide bonds. The predicted octanol–water partition coefficient (Wildman–Crippen LogP) is 1.77. The van der Waals surface area contributed by atoms with Crippen molar-refractivity contribution in [3.63, 3.8) is 0 Å². The molecule has 0 radical (unpaired) electrons. The number of amides is 1. The lowest BCUT2D eigenvalue weighted by Crippen LogP contribution is -2.80. The first-order chi connectivity index (χ1) is 16.0. The molecule has 7 heteroatoms. The Bertz CT molecular complexity index is 1070. The maximum Gasteiger partial charge on any atom is 0.229 e. The normalized spacial score (nSPS) is 42.2. The van der Waals surface area contributed by atoms with E-state index in [1.165, 1.54) is 11.1 Å². The SMILES string of the molecule is COc1ccc2c3c1OC1C4(OC)C=CC5(CC4C(=O)N4CCOCC4)C(C2)N(C)CCC315. The zero-order valence-corrected chi connectivity index (χ0v) is 19.6. The van der Waals surface area contributed by atoms with Crippen molar-refractivity contribution in [2.75, 3.05) is 54.1 Å². The van der Waals surface area contributed by atoms with Crippen LogP contribution in [0.1, 0.15) is 24.0 Å². The number of hydrogen-bond acceptors (Lipinski definition) is 6. The van der Waals surface area contributed by atoms with Crippen LogP contribution in [0.15, 0.2) is 24.3 Å². The van der Waals surface area contributed by atoms with Gasteiger partial charge in [-0.25, -0.2) is 0 Å². The molecule has 1 saturated carbocycles. The number of fused-ring (bicyclic) bond motifs is 1. The predicted molar refractivity (Wildman–Crippen MR) is 121 cm³/mol. The molecule has 0 aromatic heterocycles. The van der Waals surface area contributed by atoms with Gasteiger partial charge >= 0.3 is 0 Å². The van der Waals surface area contributed by atoms with Crippen LogP contribution in [0.4, 0.5) is 0 Å². The summed E-state index contributed by atoms with van der Waals surface area (Å²) in [5.41, 5.74) is 1.52. The van der Waals surface area contributed by atoms with Gasteiger partial charge in [0, 0.05) is 37.2 Å². The van der Waals surface area contributed by atoms with Crippen LogP contribution >= 0.6 is 0 Å². The summed E-state index contributed by atoms with van der Waals surface area (Å²) in [5, 5.41) is 0. The number of likely N-dealkylation sites (tertiary alicyclic amines) is 1. The quantitative estimate of drug-likeness (QED) is 0.652. The van der Waals surface area contributed by atoms with Crippen LogP contribution in [0.3, 0.4) is 0 Å². The Morgan fingerprint density at radius 3 is 2.73 bits per heavy atom. The topological polar surface area (TPSA) is 60.5 Å². The van der Waals surface area contributed by atoms with Gasteiger partial charge in [0.15, 0.2) is 11.5 Å². The summed E-state index contributed by atoms with van der Waals surface area (Å²) in [4.78, 5) is 18.5. The number of methoxy groups -OCH3 is 2. The summed E-state index contributed by atoms with van der Waals surface area (Å²) in [5.74, 6) is 1.56. The van der Waals surface area contributed by atoms with Crippen molar-refractivity contribution < 1.29 is 23.7 Å². The maximum absolute atomic E-state index is 14.0. The number of likely N-dealkylation sites (N-methyl/N-ethyl adjacent to an activating group) is 1. The zero-order chi connectivity index (χ0) is 22.6. The van der Waals surface area contributed by atoms with Crippen LogP contribution in [0.25, 0.3) is 0 Å². The minimum Gasteiger partial charge on any atom is -0.493 e. The first kappa shape index (κ1) is 20.3. The summed E-state index contributed by atoms with van der Waals surface area (Å²) in [6.07, 6.45) is 7.11. The van der Waals surface area contributed by atoms with Gasteiger partial charge in [-0.3, -0.25) is 4.79 Å². The Morgan fingerprint density at radius 2 is 1.97 bits per heavy atom. The molecular formula is C26H32N2O5. The Morgan fingerprint density at radius 1 is 1.15 bits per heavy atom. The molecule has 8 rings (SSSR count). The minimum atomic E-state index is -0.795. The average molecular weight is 453 g/mol. The van der Waals surface area contributed by atoms with E-state index in [9.17, 15) is 4.79 Å². The number of morpholine rings is 1. The number of carbonyl (C=O) groups is 1. The molecule has 3 aliphatic heterocycles. The smallest absolute Gasteiger partial charge is 0.229 e. The second kappa shape index (κ2) is 6.52. The summed E-state index contributed by atoms with van der Waals surface area (Å²) < 4.78 is 24.6. The highest BCUT2D eigenvalue weighted by molar-refractivity contribution is 5.83. The second-order valence-electron chi connectivity index (χ2n) is 10.7. The molecule has 33 heavy (non-hydrogen) atoms. The summed E-state index contributed by atoms with van der Waals surface area (Å²) >= 11 is 0. The zero-order valence-electron chi connectivity index (χ0n) is 19.6. The van der Waals surface area contributed by atoms with Crippen LogP contribution in [-0.2, 0) is 26.1 Å². The van der Waals surface area contributed by atoms with Crippen molar-refractivity contribution in [1.82, 2.24) is 9.80 Å². The largest absolute Gasteiger partial charge is 0.493 e. The first-order valence-electron chi connectivity index (χ1n) is 12.2. The van der Waals surface area contributed by atoms with Crippen LogP contribution < -0.4 is 9.47 Å². The monoisotopic (exact) mass is 452 g/mol. The van der Waals surface area contributed by atoms with E-state index in [1.54, 1.807) is 14.2 Å². The van der Waals surface area contributed by atoms with Crippen LogP contribution in [0, 0.1) is 11.3 Å². The van der Waals surface area contributed by atoms with Crippen LogP contribution in [0.5, 0.6) is 11.5 Å². The number of benzene rings is 1.